The van der Waals surface area contributed by atoms with Crippen LogP contribution in [-0.4, -0.2) is 36.1 Å². The minimum absolute atomic E-state index is 0.380. The largest absolute Gasteiger partial charge is 0.376 e. The molecule has 0 bridgehead atoms. The summed E-state index contributed by atoms with van der Waals surface area (Å²) in [6, 6.07) is 0. The Bertz CT molecular complexity index is 305. The number of aromatic nitrogens is 2. The van der Waals surface area contributed by atoms with Crippen LogP contribution in [0.1, 0.15) is 24.8 Å². The summed E-state index contributed by atoms with van der Waals surface area (Å²) in [7, 11) is 1.99. The molecule has 0 saturated carbocycles. The molecule has 1 N–H and O–H groups in total. The van der Waals surface area contributed by atoms with Crippen LogP contribution >= 0.6 is 0 Å². The highest BCUT2D eigenvalue weighted by molar-refractivity contribution is 5.04. The van der Waals surface area contributed by atoms with Gasteiger partial charge in [-0.3, -0.25) is 4.68 Å². The van der Waals surface area contributed by atoms with Crippen LogP contribution in [-0.2, 0) is 17.7 Å². The quantitative estimate of drug-likeness (QED) is 0.737. The summed E-state index contributed by atoms with van der Waals surface area (Å²) < 4.78 is 7.61. The molecule has 1 aliphatic rings. The van der Waals surface area contributed by atoms with Crippen molar-refractivity contribution in [3.63, 3.8) is 0 Å². The van der Waals surface area contributed by atoms with Gasteiger partial charge in [-0.05, 0) is 44.8 Å². The molecule has 0 unspecified atom stereocenters. The minimum atomic E-state index is 0.380. The zero-order valence-electron chi connectivity index (χ0n) is 9.98. The van der Waals surface area contributed by atoms with Gasteiger partial charge in [-0.15, -0.1) is 0 Å². The van der Waals surface area contributed by atoms with Crippen LogP contribution in [0.3, 0.4) is 0 Å². The van der Waals surface area contributed by atoms with Gasteiger partial charge >= 0.3 is 0 Å². The van der Waals surface area contributed by atoms with Crippen molar-refractivity contribution >= 4 is 0 Å². The van der Waals surface area contributed by atoms with E-state index in [1.807, 2.05) is 17.9 Å². The monoisotopic (exact) mass is 223 g/mol. The zero-order chi connectivity index (χ0) is 11.2. The summed E-state index contributed by atoms with van der Waals surface area (Å²) in [5, 5.41) is 7.53. The van der Waals surface area contributed by atoms with Gasteiger partial charge in [0, 0.05) is 12.8 Å². The molecule has 16 heavy (non-hydrogen) atoms. The van der Waals surface area contributed by atoms with E-state index in [4.69, 9.17) is 4.74 Å². The predicted molar refractivity (Wildman–Crippen MR) is 63.4 cm³/mol. The van der Waals surface area contributed by atoms with Crippen LogP contribution in [0.4, 0.5) is 0 Å². The van der Waals surface area contributed by atoms with Crippen LogP contribution in [0.25, 0.3) is 0 Å². The molecule has 2 heterocycles. The van der Waals surface area contributed by atoms with Crippen LogP contribution in [0.2, 0.25) is 0 Å². The second-order valence-electron chi connectivity index (χ2n) is 4.41. The van der Waals surface area contributed by atoms with Gasteiger partial charge in [0.2, 0.25) is 0 Å². The second-order valence-corrected chi connectivity index (χ2v) is 4.41. The first-order valence-electron chi connectivity index (χ1n) is 6.16. The van der Waals surface area contributed by atoms with E-state index in [0.717, 1.165) is 26.1 Å². The Hall–Kier alpha value is -0.870. The van der Waals surface area contributed by atoms with Gasteiger partial charge in [-0.1, -0.05) is 0 Å². The molecule has 1 aliphatic heterocycles. The lowest BCUT2D eigenvalue weighted by Crippen LogP contribution is -2.15. The fourth-order valence-electron chi connectivity index (χ4n) is 2.10. The highest BCUT2D eigenvalue weighted by Gasteiger charge is 2.16. The highest BCUT2D eigenvalue weighted by Crippen LogP contribution is 2.14. The molecule has 0 radical (unpaired) electrons. The summed E-state index contributed by atoms with van der Waals surface area (Å²) in [5.41, 5.74) is 1.33. The Kier molecular flexibility index (Phi) is 4.36. The first kappa shape index (κ1) is 11.6. The highest BCUT2D eigenvalue weighted by atomic mass is 16.5. The third-order valence-corrected chi connectivity index (χ3v) is 2.99. The van der Waals surface area contributed by atoms with Gasteiger partial charge in [0.1, 0.15) is 0 Å². The Balaban J connectivity index is 1.77. The first-order chi connectivity index (χ1) is 7.88. The number of nitrogens with zero attached hydrogens (tertiary/aromatic N) is 2. The molecule has 0 aliphatic carbocycles. The molecule has 4 nitrogen and oxygen atoms in total. The van der Waals surface area contributed by atoms with Crippen molar-refractivity contribution in [3.8, 4) is 0 Å². The van der Waals surface area contributed by atoms with E-state index in [1.165, 1.54) is 24.8 Å². The maximum atomic E-state index is 5.59. The molecule has 1 aromatic heterocycles. The number of aryl methyl sites for hydroxylation is 1. The fourth-order valence-corrected chi connectivity index (χ4v) is 2.10. The number of hydrogen-bond acceptors (Lipinski definition) is 3. The van der Waals surface area contributed by atoms with Gasteiger partial charge in [-0.2, -0.15) is 5.10 Å². The number of nitrogens with one attached hydrogen (secondary N) is 1. The summed E-state index contributed by atoms with van der Waals surface area (Å²) in [5.74, 6) is 0. The second kappa shape index (κ2) is 6.01. The molecule has 1 aromatic rings. The minimum Gasteiger partial charge on any atom is -0.376 e. The summed E-state index contributed by atoms with van der Waals surface area (Å²) >= 11 is 0. The zero-order valence-corrected chi connectivity index (χ0v) is 9.98. The van der Waals surface area contributed by atoms with E-state index >= 15 is 0 Å². The number of rotatable bonds is 6. The lowest BCUT2D eigenvalue weighted by Gasteiger charge is -2.08. The topological polar surface area (TPSA) is 39.1 Å². The van der Waals surface area contributed by atoms with Gasteiger partial charge < -0.3 is 10.1 Å². The van der Waals surface area contributed by atoms with Crippen LogP contribution in [0, 0.1) is 0 Å². The lowest BCUT2D eigenvalue weighted by atomic mass is 10.2. The Morgan fingerprint density at radius 2 is 2.56 bits per heavy atom. The van der Waals surface area contributed by atoms with Gasteiger partial charge in [0.25, 0.3) is 0 Å². The molecular weight excluding hydrogens is 202 g/mol. The first-order valence-corrected chi connectivity index (χ1v) is 6.16. The molecule has 1 atom stereocenters. The SMILES string of the molecule is CNCCCc1cnn(C[C@H]2CCCO2)c1. The molecule has 0 amide bonds. The predicted octanol–water partition coefficient (Wildman–Crippen LogP) is 1.21. The average molecular weight is 223 g/mol. The van der Waals surface area contributed by atoms with E-state index in [0.29, 0.717) is 6.10 Å². The Morgan fingerprint density at radius 1 is 1.62 bits per heavy atom. The normalized spacial score (nSPS) is 20.4. The molecule has 4 heteroatoms. The Morgan fingerprint density at radius 3 is 3.31 bits per heavy atom. The average Bonchev–Trinajstić information content (AvgIpc) is 2.91. The maximum Gasteiger partial charge on any atom is 0.0771 e. The van der Waals surface area contributed by atoms with Gasteiger partial charge in [-0.25, -0.2) is 0 Å². The van der Waals surface area contributed by atoms with Crippen molar-refractivity contribution in [1.82, 2.24) is 15.1 Å². The molecule has 0 spiro atoms. The van der Waals surface area contributed by atoms with Crippen molar-refractivity contribution in [3.05, 3.63) is 18.0 Å². The van der Waals surface area contributed by atoms with E-state index in [9.17, 15) is 0 Å². The molecule has 1 fully saturated rings. The van der Waals surface area contributed by atoms with E-state index in [-0.39, 0.29) is 0 Å². The van der Waals surface area contributed by atoms with Gasteiger partial charge in [0.15, 0.2) is 0 Å². The maximum absolute atomic E-state index is 5.59. The van der Waals surface area contributed by atoms with Gasteiger partial charge in [0.05, 0.1) is 18.8 Å². The van der Waals surface area contributed by atoms with Crippen LogP contribution < -0.4 is 5.32 Å². The Labute approximate surface area is 97.0 Å². The molecule has 0 aromatic carbocycles. The van der Waals surface area contributed by atoms with Crippen LogP contribution in [0.15, 0.2) is 12.4 Å². The molecule has 90 valence electrons. The third kappa shape index (κ3) is 3.32. The lowest BCUT2D eigenvalue weighted by molar-refractivity contribution is 0.0940. The van der Waals surface area contributed by atoms with Crippen molar-refractivity contribution in [2.24, 2.45) is 0 Å². The fraction of sp³-hybridized carbons (Fsp3) is 0.750. The van der Waals surface area contributed by atoms with E-state index < -0.39 is 0 Å². The standard InChI is InChI=1S/C12H21N3O/c1-13-6-2-4-11-8-14-15(9-11)10-12-5-3-7-16-12/h8-9,12-13H,2-7,10H2,1H3/t12-/m1/s1. The number of ether oxygens (including phenoxy) is 1. The molecule has 2 rings (SSSR count). The van der Waals surface area contributed by atoms with E-state index in [2.05, 4.69) is 16.6 Å². The summed E-state index contributed by atoms with van der Waals surface area (Å²) in [6.45, 7) is 2.89. The van der Waals surface area contributed by atoms with Crippen molar-refractivity contribution < 1.29 is 4.74 Å². The summed E-state index contributed by atoms with van der Waals surface area (Å²) in [6.07, 6.45) is 9.15. The molecular formula is C12H21N3O. The smallest absolute Gasteiger partial charge is 0.0771 e. The van der Waals surface area contributed by atoms with E-state index in [1.54, 1.807) is 0 Å². The van der Waals surface area contributed by atoms with Crippen molar-refractivity contribution in [2.45, 2.75) is 38.3 Å². The van der Waals surface area contributed by atoms with Crippen LogP contribution in [0.5, 0.6) is 0 Å². The van der Waals surface area contributed by atoms with Crippen molar-refractivity contribution in [1.29, 1.82) is 0 Å². The summed E-state index contributed by atoms with van der Waals surface area (Å²) in [4.78, 5) is 0. The third-order valence-electron chi connectivity index (χ3n) is 2.99. The van der Waals surface area contributed by atoms with Crippen molar-refractivity contribution in [2.75, 3.05) is 20.2 Å². The molecule has 1 saturated heterocycles. The number of hydrogen-bond donors (Lipinski definition) is 1.